The molecule has 0 bridgehead atoms. The number of ether oxygens (including phenoxy) is 1. The molecule has 1 N–H and O–H groups in total. The first-order valence-corrected chi connectivity index (χ1v) is 10.6. The van der Waals surface area contributed by atoms with Gasteiger partial charge in [-0.1, -0.05) is 47.6 Å². The van der Waals surface area contributed by atoms with E-state index < -0.39 is 5.60 Å². The third-order valence-electron chi connectivity index (χ3n) is 6.11. The lowest BCUT2D eigenvalue weighted by Gasteiger charge is -2.43. The standard InChI is InChI=1S/C25H34NO3/c1-17(2)10-8-11-18(3)12-9-15-25(5,27)23-16-21-20-13-6-7-14-22(20)26(28)19(4)24(21)29-23/h6-7,10,12-14,22-23,27H,8-9,11,15-16H2,1-5H3/q-1. The summed E-state index contributed by atoms with van der Waals surface area (Å²) in [6.07, 6.45) is 16.1. The van der Waals surface area contributed by atoms with Gasteiger partial charge in [-0.3, -0.25) is 0 Å². The molecule has 29 heavy (non-hydrogen) atoms. The molecule has 2 aliphatic heterocycles. The third-order valence-corrected chi connectivity index (χ3v) is 6.11. The molecule has 0 aromatic heterocycles. The minimum absolute atomic E-state index is 0.280. The summed E-state index contributed by atoms with van der Waals surface area (Å²) in [5.74, 6) is 0.657. The Hall–Kier alpha value is -2.04. The number of rotatable bonds is 7. The van der Waals surface area contributed by atoms with Crippen molar-refractivity contribution in [3.63, 3.8) is 0 Å². The van der Waals surface area contributed by atoms with E-state index in [2.05, 4.69) is 32.9 Å². The van der Waals surface area contributed by atoms with Gasteiger partial charge < -0.3 is 20.1 Å². The van der Waals surface area contributed by atoms with Gasteiger partial charge in [0.25, 0.3) is 0 Å². The van der Waals surface area contributed by atoms with Crippen LogP contribution in [0, 0.1) is 5.21 Å². The Kier molecular flexibility index (Phi) is 6.55. The molecular formula is C25H34NO3-. The maximum Gasteiger partial charge on any atom is 0.141 e. The maximum atomic E-state index is 12.6. The van der Waals surface area contributed by atoms with Gasteiger partial charge in [-0.2, -0.15) is 0 Å². The van der Waals surface area contributed by atoms with Crippen molar-refractivity contribution in [2.45, 2.75) is 84.5 Å². The van der Waals surface area contributed by atoms with Crippen molar-refractivity contribution in [1.29, 1.82) is 0 Å². The molecule has 0 saturated carbocycles. The zero-order valence-electron chi connectivity index (χ0n) is 18.4. The van der Waals surface area contributed by atoms with Crippen molar-refractivity contribution in [1.82, 2.24) is 5.06 Å². The van der Waals surface area contributed by atoms with Gasteiger partial charge in [-0.25, -0.2) is 0 Å². The summed E-state index contributed by atoms with van der Waals surface area (Å²) in [7, 11) is 0. The predicted octanol–water partition coefficient (Wildman–Crippen LogP) is 5.84. The Bertz CT molecular complexity index is 819. The normalized spacial score (nSPS) is 25.6. The number of hydrogen-bond donors (Lipinski definition) is 1. The Labute approximate surface area is 175 Å². The highest BCUT2D eigenvalue weighted by Crippen LogP contribution is 2.45. The summed E-state index contributed by atoms with van der Waals surface area (Å²) < 4.78 is 6.15. The molecular weight excluding hydrogens is 362 g/mol. The van der Waals surface area contributed by atoms with Crippen LogP contribution in [0.1, 0.15) is 66.7 Å². The summed E-state index contributed by atoms with van der Waals surface area (Å²) in [4.78, 5) is 0. The topological polar surface area (TPSA) is 55.8 Å². The molecule has 3 atom stereocenters. The van der Waals surface area contributed by atoms with Crippen molar-refractivity contribution in [3.05, 3.63) is 75.4 Å². The number of hydrogen-bond acceptors (Lipinski definition) is 4. The second-order valence-electron chi connectivity index (χ2n) is 8.94. The molecule has 3 rings (SSSR count). The second-order valence-corrected chi connectivity index (χ2v) is 8.94. The van der Waals surface area contributed by atoms with E-state index in [1.807, 2.05) is 31.2 Å². The molecule has 0 amide bonds. The fourth-order valence-corrected chi connectivity index (χ4v) is 4.22. The van der Waals surface area contributed by atoms with Crippen molar-refractivity contribution >= 4 is 0 Å². The average Bonchev–Trinajstić information content (AvgIpc) is 3.12. The molecule has 158 valence electrons. The molecule has 3 aliphatic rings. The van der Waals surface area contributed by atoms with Crippen molar-refractivity contribution < 1.29 is 9.84 Å². The number of aliphatic hydroxyl groups is 1. The van der Waals surface area contributed by atoms with E-state index in [9.17, 15) is 10.3 Å². The van der Waals surface area contributed by atoms with Crippen LogP contribution in [-0.4, -0.2) is 27.9 Å². The van der Waals surface area contributed by atoms with E-state index in [1.165, 1.54) is 11.1 Å². The van der Waals surface area contributed by atoms with Gasteiger partial charge in [0.05, 0.1) is 11.6 Å². The van der Waals surface area contributed by atoms with Gasteiger partial charge in [-0.05, 0) is 65.9 Å². The van der Waals surface area contributed by atoms with Crippen molar-refractivity contribution in [3.8, 4) is 0 Å². The number of hydroxylamine groups is 2. The van der Waals surface area contributed by atoms with Gasteiger partial charge in [0.1, 0.15) is 11.9 Å². The highest BCUT2D eigenvalue weighted by atomic mass is 16.5. The fraction of sp³-hybridized carbons (Fsp3) is 0.520. The SMILES string of the molecule is CC(C)=CCCC(C)=CCCC(C)(O)C1CC2=C3C=CC=CC3N([O-])C(C)=C2O1. The van der Waals surface area contributed by atoms with Crippen LogP contribution >= 0.6 is 0 Å². The van der Waals surface area contributed by atoms with Crippen LogP contribution in [0.2, 0.25) is 0 Å². The number of nitrogens with zero attached hydrogens (tertiary/aromatic N) is 1. The Morgan fingerprint density at radius 2 is 2.03 bits per heavy atom. The molecule has 4 nitrogen and oxygen atoms in total. The molecule has 1 fully saturated rings. The molecule has 4 heteroatoms. The van der Waals surface area contributed by atoms with Crippen LogP contribution in [0.15, 0.2) is 70.2 Å². The molecule has 0 aromatic rings. The van der Waals surface area contributed by atoms with E-state index in [1.54, 1.807) is 6.92 Å². The van der Waals surface area contributed by atoms with Gasteiger partial charge in [0, 0.05) is 17.7 Å². The quantitative estimate of drug-likeness (QED) is 0.550. The molecule has 3 unspecified atom stereocenters. The minimum atomic E-state index is -0.952. The van der Waals surface area contributed by atoms with Crippen LogP contribution in [0.3, 0.4) is 0 Å². The van der Waals surface area contributed by atoms with Crippen LogP contribution in [-0.2, 0) is 4.74 Å². The van der Waals surface area contributed by atoms with Crippen LogP contribution in [0.5, 0.6) is 0 Å². The van der Waals surface area contributed by atoms with Gasteiger partial charge in [-0.15, -0.1) is 0 Å². The molecule has 1 aliphatic carbocycles. The van der Waals surface area contributed by atoms with E-state index >= 15 is 0 Å². The number of fused-ring (bicyclic) bond motifs is 2. The van der Waals surface area contributed by atoms with Crippen molar-refractivity contribution in [2.75, 3.05) is 0 Å². The number of allylic oxidation sites excluding steroid dienone is 8. The maximum absolute atomic E-state index is 12.6. The monoisotopic (exact) mass is 396 g/mol. The minimum Gasteiger partial charge on any atom is -0.758 e. The highest BCUT2D eigenvalue weighted by Gasteiger charge is 2.43. The summed E-state index contributed by atoms with van der Waals surface area (Å²) in [5.41, 5.74) is 4.42. The van der Waals surface area contributed by atoms with Gasteiger partial charge in [0.2, 0.25) is 0 Å². The predicted molar refractivity (Wildman–Crippen MR) is 119 cm³/mol. The summed E-state index contributed by atoms with van der Waals surface area (Å²) in [6.45, 7) is 10.1. The summed E-state index contributed by atoms with van der Waals surface area (Å²) in [6, 6.07) is -0.280. The van der Waals surface area contributed by atoms with E-state index in [0.717, 1.165) is 35.5 Å². The highest BCUT2D eigenvalue weighted by molar-refractivity contribution is 5.52. The Balaban J connectivity index is 1.66. The average molecular weight is 397 g/mol. The van der Waals surface area contributed by atoms with E-state index in [0.29, 0.717) is 24.3 Å². The van der Waals surface area contributed by atoms with Crippen LogP contribution < -0.4 is 0 Å². The largest absolute Gasteiger partial charge is 0.758 e. The lowest BCUT2D eigenvalue weighted by Crippen LogP contribution is -2.38. The van der Waals surface area contributed by atoms with Gasteiger partial charge >= 0.3 is 0 Å². The first-order chi connectivity index (χ1) is 13.7. The fourth-order valence-electron chi connectivity index (χ4n) is 4.22. The smallest absolute Gasteiger partial charge is 0.141 e. The molecule has 0 radical (unpaired) electrons. The summed E-state index contributed by atoms with van der Waals surface area (Å²) >= 11 is 0. The summed E-state index contributed by atoms with van der Waals surface area (Å²) in [5, 5.41) is 24.8. The Morgan fingerprint density at radius 3 is 2.76 bits per heavy atom. The molecule has 1 saturated heterocycles. The van der Waals surface area contributed by atoms with E-state index in [4.69, 9.17) is 4.74 Å². The second kappa shape index (κ2) is 8.76. The molecule has 0 spiro atoms. The van der Waals surface area contributed by atoms with Crippen LogP contribution in [0.25, 0.3) is 0 Å². The first-order valence-electron chi connectivity index (χ1n) is 10.6. The van der Waals surface area contributed by atoms with Crippen molar-refractivity contribution in [2.24, 2.45) is 0 Å². The zero-order chi connectivity index (χ0) is 21.2. The molecule has 2 heterocycles. The Morgan fingerprint density at radius 1 is 1.28 bits per heavy atom. The first kappa shape index (κ1) is 21.7. The van der Waals surface area contributed by atoms with E-state index in [-0.39, 0.29) is 12.1 Å². The lowest BCUT2D eigenvalue weighted by molar-refractivity contribution is -0.0638. The molecule has 0 aromatic carbocycles. The van der Waals surface area contributed by atoms with Gasteiger partial charge in [0.15, 0.2) is 0 Å². The lowest BCUT2D eigenvalue weighted by atomic mass is 9.86. The van der Waals surface area contributed by atoms with Crippen LogP contribution in [0.4, 0.5) is 0 Å². The third kappa shape index (κ3) is 4.76. The zero-order valence-corrected chi connectivity index (χ0v) is 18.4.